The Morgan fingerprint density at radius 3 is 2.87 bits per heavy atom. The van der Waals surface area contributed by atoms with E-state index in [9.17, 15) is 9.50 Å². The van der Waals surface area contributed by atoms with E-state index >= 15 is 0 Å². The summed E-state index contributed by atoms with van der Waals surface area (Å²) in [5.41, 5.74) is 0.719. The van der Waals surface area contributed by atoms with Crippen LogP contribution >= 0.6 is 15.9 Å². The standard InChI is InChI=1S/C11H14BrFO2/c1-8(14)10-4-3-9(12)7-11(10)15-6-2-5-13/h3-4,7-8,14H,2,5-6H2,1H3/t8-/m0/s1. The van der Waals surface area contributed by atoms with Gasteiger partial charge in [-0.3, -0.25) is 4.39 Å². The summed E-state index contributed by atoms with van der Waals surface area (Å²) in [6.07, 6.45) is -0.218. The number of hydrogen-bond acceptors (Lipinski definition) is 2. The zero-order valence-corrected chi connectivity index (χ0v) is 10.1. The lowest BCUT2D eigenvalue weighted by Crippen LogP contribution is -2.02. The van der Waals surface area contributed by atoms with Gasteiger partial charge in [0.1, 0.15) is 5.75 Å². The van der Waals surface area contributed by atoms with E-state index in [2.05, 4.69) is 15.9 Å². The molecular formula is C11H14BrFO2. The van der Waals surface area contributed by atoms with Crippen LogP contribution in [-0.4, -0.2) is 18.4 Å². The van der Waals surface area contributed by atoms with E-state index < -0.39 is 12.8 Å². The summed E-state index contributed by atoms with van der Waals surface area (Å²) in [4.78, 5) is 0. The quantitative estimate of drug-likeness (QED) is 0.837. The maximum absolute atomic E-state index is 11.9. The van der Waals surface area contributed by atoms with Gasteiger partial charge in [-0.05, 0) is 19.1 Å². The topological polar surface area (TPSA) is 29.5 Å². The van der Waals surface area contributed by atoms with Gasteiger partial charge in [-0.15, -0.1) is 0 Å². The molecule has 1 rings (SSSR count). The average Bonchev–Trinajstić information content (AvgIpc) is 2.18. The van der Waals surface area contributed by atoms with Crippen LogP contribution in [0, 0.1) is 0 Å². The first-order chi connectivity index (χ1) is 7.15. The minimum absolute atomic E-state index is 0.326. The Balaban J connectivity index is 2.77. The molecule has 0 unspecified atom stereocenters. The highest BCUT2D eigenvalue weighted by molar-refractivity contribution is 9.10. The second kappa shape index (κ2) is 6.08. The molecule has 0 saturated carbocycles. The van der Waals surface area contributed by atoms with Gasteiger partial charge >= 0.3 is 0 Å². The van der Waals surface area contributed by atoms with Crippen LogP contribution in [0.25, 0.3) is 0 Å². The smallest absolute Gasteiger partial charge is 0.126 e. The van der Waals surface area contributed by atoms with Gasteiger partial charge in [0.05, 0.1) is 19.4 Å². The highest BCUT2D eigenvalue weighted by Gasteiger charge is 2.09. The van der Waals surface area contributed by atoms with Gasteiger partial charge in [0.2, 0.25) is 0 Å². The monoisotopic (exact) mass is 276 g/mol. The highest BCUT2D eigenvalue weighted by Crippen LogP contribution is 2.28. The number of rotatable bonds is 5. The minimum atomic E-state index is -0.585. The van der Waals surface area contributed by atoms with Crippen LogP contribution in [0.15, 0.2) is 22.7 Å². The van der Waals surface area contributed by atoms with Gasteiger partial charge in [-0.1, -0.05) is 22.0 Å². The molecule has 0 aliphatic heterocycles. The first-order valence-electron chi connectivity index (χ1n) is 4.81. The van der Waals surface area contributed by atoms with Crippen molar-refractivity contribution >= 4 is 15.9 Å². The van der Waals surface area contributed by atoms with Crippen LogP contribution in [0.2, 0.25) is 0 Å². The number of ether oxygens (including phenoxy) is 1. The van der Waals surface area contributed by atoms with E-state index in [0.717, 1.165) is 10.0 Å². The third-order valence-corrected chi connectivity index (χ3v) is 2.45. The van der Waals surface area contributed by atoms with E-state index in [-0.39, 0.29) is 0 Å². The van der Waals surface area contributed by atoms with Gasteiger partial charge < -0.3 is 9.84 Å². The van der Waals surface area contributed by atoms with Crippen LogP contribution < -0.4 is 4.74 Å². The fourth-order valence-electron chi connectivity index (χ4n) is 1.22. The molecule has 0 saturated heterocycles. The number of hydrogen-bond donors (Lipinski definition) is 1. The Labute approximate surface area is 97.2 Å². The van der Waals surface area contributed by atoms with E-state index in [1.807, 2.05) is 6.07 Å². The maximum atomic E-state index is 11.9. The molecule has 0 bridgehead atoms. The number of aliphatic hydroxyl groups is 1. The van der Waals surface area contributed by atoms with Crippen molar-refractivity contribution in [2.24, 2.45) is 0 Å². The van der Waals surface area contributed by atoms with Crippen molar-refractivity contribution in [2.45, 2.75) is 19.4 Å². The Hall–Kier alpha value is -0.610. The molecule has 1 aromatic carbocycles. The Morgan fingerprint density at radius 1 is 1.53 bits per heavy atom. The van der Waals surface area contributed by atoms with Crippen LogP contribution in [0.5, 0.6) is 5.75 Å². The van der Waals surface area contributed by atoms with Gasteiger partial charge in [0, 0.05) is 16.5 Å². The van der Waals surface area contributed by atoms with Crippen molar-refractivity contribution in [2.75, 3.05) is 13.3 Å². The van der Waals surface area contributed by atoms with E-state index in [1.54, 1.807) is 19.1 Å². The van der Waals surface area contributed by atoms with E-state index in [4.69, 9.17) is 4.74 Å². The lowest BCUT2D eigenvalue weighted by molar-refractivity contribution is 0.190. The van der Waals surface area contributed by atoms with Crippen LogP contribution in [0.1, 0.15) is 25.0 Å². The summed E-state index contributed by atoms with van der Waals surface area (Å²) in [6, 6.07) is 5.41. The minimum Gasteiger partial charge on any atom is -0.493 e. The summed E-state index contributed by atoms with van der Waals surface area (Å²) in [7, 11) is 0. The molecule has 2 nitrogen and oxygen atoms in total. The average molecular weight is 277 g/mol. The van der Waals surface area contributed by atoms with Crippen molar-refractivity contribution < 1.29 is 14.2 Å². The summed E-state index contributed by atoms with van der Waals surface area (Å²) in [6.45, 7) is 1.61. The number of aliphatic hydroxyl groups excluding tert-OH is 1. The van der Waals surface area contributed by atoms with Crippen molar-refractivity contribution in [1.82, 2.24) is 0 Å². The van der Waals surface area contributed by atoms with Gasteiger partial charge in [-0.25, -0.2) is 0 Å². The predicted molar refractivity (Wildman–Crippen MR) is 60.9 cm³/mol. The molecule has 0 spiro atoms. The molecule has 0 aromatic heterocycles. The molecule has 15 heavy (non-hydrogen) atoms. The Morgan fingerprint density at radius 2 is 2.27 bits per heavy atom. The van der Waals surface area contributed by atoms with Gasteiger partial charge in [0.15, 0.2) is 0 Å². The molecular weight excluding hydrogens is 263 g/mol. The van der Waals surface area contributed by atoms with Crippen LogP contribution in [-0.2, 0) is 0 Å². The fourth-order valence-corrected chi connectivity index (χ4v) is 1.56. The van der Waals surface area contributed by atoms with E-state index in [0.29, 0.717) is 18.8 Å². The van der Waals surface area contributed by atoms with Crippen LogP contribution in [0.3, 0.4) is 0 Å². The fraction of sp³-hybridized carbons (Fsp3) is 0.455. The second-order valence-electron chi connectivity index (χ2n) is 3.25. The molecule has 0 fully saturated rings. The number of benzene rings is 1. The van der Waals surface area contributed by atoms with Crippen LogP contribution in [0.4, 0.5) is 4.39 Å². The van der Waals surface area contributed by atoms with Crippen molar-refractivity contribution in [1.29, 1.82) is 0 Å². The molecule has 84 valence electrons. The highest BCUT2D eigenvalue weighted by atomic mass is 79.9. The first kappa shape index (κ1) is 12.5. The molecule has 4 heteroatoms. The lowest BCUT2D eigenvalue weighted by atomic mass is 10.1. The van der Waals surface area contributed by atoms with Crippen molar-refractivity contribution in [3.8, 4) is 5.75 Å². The summed E-state index contributed by atoms with van der Waals surface area (Å²) >= 11 is 3.32. The molecule has 1 aromatic rings. The van der Waals surface area contributed by atoms with E-state index in [1.165, 1.54) is 0 Å². The summed E-state index contributed by atoms with van der Waals surface area (Å²) in [5.74, 6) is 0.604. The summed E-state index contributed by atoms with van der Waals surface area (Å²) in [5, 5.41) is 9.48. The maximum Gasteiger partial charge on any atom is 0.126 e. The van der Waals surface area contributed by atoms with Crippen molar-refractivity contribution in [3.05, 3.63) is 28.2 Å². The molecule has 0 aliphatic carbocycles. The predicted octanol–water partition coefficient (Wildman–Crippen LogP) is 3.24. The third-order valence-electron chi connectivity index (χ3n) is 1.96. The normalized spacial score (nSPS) is 12.5. The molecule has 1 N–H and O–H groups in total. The SMILES string of the molecule is C[C@H](O)c1ccc(Br)cc1OCCCF. The zero-order chi connectivity index (χ0) is 11.3. The Kier molecular flexibility index (Phi) is 5.05. The molecule has 0 radical (unpaired) electrons. The number of halogens is 2. The largest absolute Gasteiger partial charge is 0.493 e. The third kappa shape index (κ3) is 3.80. The first-order valence-corrected chi connectivity index (χ1v) is 5.60. The second-order valence-corrected chi connectivity index (χ2v) is 4.16. The molecule has 0 aliphatic rings. The van der Waals surface area contributed by atoms with Gasteiger partial charge in [0.25, 0.3) is 0 Å². The Bertz CT molecular complexity index is 315. The summed E-state index contributed by atoms with van der Waals surface area (Å²) < 4.78 is 18.2. The molecule has 1 atom stereocenters. The van der Waals surface area contributed by atoms with Crippen molar-refractivity contribution in [3.63, 3.8) is 0 Å². The number of alkyl halides is 1. The lowest BCUT2D eigenvalue weighted by Gasteiger charge is -2.13. The molecule has 0 heterocycles. The molecule has 0 amide bonds. The van der Waals surface area contributed by atoms with Gasteiger partial charge in [-0.2, -0.15) is 0 Å². The zero-order valence-electron chi connectivity index (χ0n) is 8.54.